The van der Waals surface area contributed by atoms with E-state index in [4.69, 9.17) is 4.99 Å². The topological polar surface area (TPSA) is 41.5 Å². The van der Waals surface area contributed by atoms with Gasteiger partial charge in [-0.15, -0.1) is 22.7 Å². The van der Waals surface area contributed by atoms with E-state index in [-0.39, 0.29) is 11.3 Å². The summed E-state index contributed by atoms with van der Waals surface area (Å²) < 4.78 is 0. The second-order valence-corrected chi connectivity index (χ2v) is 11.1. The first kappa shape index (κ1) is 21.0. The van der Waals surface area contributed by atoms with Crippen LogP contribution in [0.4, 0.5) is 10.7 Å². The number of aliphatic imine (C=N–C) groups is 1. The highest BCUT2D eigenvalue weighted by molar-refractivity contribution is 7.16. The number of anilines is 1. The van der Waals surface area contributed by atoms with E-state index >= 15 is 0 Å². The molecule has 0 aliphatic heterocycles. The van der Waals surface area contributed by atoms with Gasteiger partial charge in [-0.3, -0.25) is 4.79 Å². The van der Waals surface area contributed by atoms with Crippen LogP contribution in [-0.4, -0.2) is 12.1 Å². The smallest absolute Gasteiger partial charge is 0.259 e. The van der Waals surface area contributed by atoms with Crippen molar-refractivity contribution in [1.82, 2.24) is 0 Å². The van der Waals surface area contributed by atoms with Crippen molar-refractivity contribution >= 4 is 45.5 Å². The minimum Gasteiger partial charge on any atom is -0.322 e. The van der Waals surface area contributed by atoms with Crippen molar-refractivity contribution in [3.8, 4) is 0 Å². The summed E-state index contributed by atoms with van der Waals surface area (Å²) in [7, 11) is 0. The molecule has 0 saturated heterocycles. The third-order valence-electron chi connectivity index (χ3n) is 5.93. The molecular weight excluding hydrogens is 408 g/mol. The molecule has 4 rings (SSSR count). The normalized spacial score (nSPS) is 16.6. The number of rotatable bonds is 4. The Morgan fingerprint density at radius 3 is 2.63 bits per heavy atom. The maximum Gasteiger partial charge on any atom is 0.259 e. The Morgan fingerprint density at radius 2 is 1.97 bits per heavy atom. The van der Waals surface area contributed by atoms with Gasteiger partial charge < -0.3 is 5.32 Å². The molecule has 5 heteroatoms. The highest BCUT2D eigenvalue weighted by atomic mass is 32.1. The number of aryl methyl sites for hydroxylation is 1. The Kier molecular flexibility index (Phi) is 5.94. The van der Waals surface area contributed by atoms with Crippen LogP contribution in [0.25, 0.3) is 0 Å². The minimum atomic E-state index is -0.0528. The largest absolute Gasteiger partial charge is 0.322 e. The van der Waals surface area contributed by atoms with Crippen LogP contribution >= 0.6 is 22.7 Å². The fourth-order valence-corrected chi connectivity index (χ4v) is 6.04. The van der Waals surface area contributed by atoms with Gasteiger partial charge in [0.25, 0.3) is 5.91 Å². The number of thiophene rings is 2. The molecule has 2 heterocycles. The number of carbonyl (C=O) groups excluding carboxylic acids is 1. The van der Waals surface area contributed by atoms with Crippen molar-refractivity contribution in [3.63, 3.8) is 0 Å². The Hall–Kier alpha value is -2.24. The van der Waals surface area contributed by atoms with Crippen LogP contribution in [0.2, 0.25) is 0 Å². The highest BCUT2D eigenvalue weighted by Crippen LogP contribution is 2.45. The first-order valence-corrected chi connectivity index (χ1v) is 12.1. The molecule has 2 aromatic heterocycles. The van der Waals surface area contributed by atoms with Crippen LogP contribution in [0.15, 0.2) is 46.8 Å². The lowest BCUT2D eigenvalue weighted by atomic mass is 9.72. The average Bonchev–Trinajstić information content (AvgIpc) is 3.28. The van der Waals surface area contributed by atoms with Gasteiger partial charge in [0.2, 0.25) is 0 Å². The number of fused-ring (bicyclic) bond motifs is 1. The van der Waals surface area contributed by atoms with Crippen molar-refractivity contribution in [2.24, 2.45) is 16.3 Å². The summed E-state index contributed by atoms with van der Waals surface area (Å²) in [5.74, 6) is 0.577. The van der Waals surface area contributed by atoms with E-state index in [9.17, 15) is 4.79 Å². The van der Waals surface area contributed by atoms with Crippen LogP contribution in [0.1, 0.15) is 58.4 Å². The van der Waals surface area contributed by atoms with Gasteiger partial charge in [-0.25, -0.2) is 4.99 Å². The summed E-state index contributed by atoms with van der Waals surface area (Å²) in [6.07, 6.45) is 5.01. The highest BCUT2D eigenvalue weighted by Gasteiger charge is 2.33. The Labute approximate surface area is 186 Å². The van der Waals surface area contributed by atoms with E-state index < -0.39 is 0 Å². The molecule has 0 saturated carbocycles. The molecule has 1 aromatic carbocycles. The predicted octanol–water partition coefficient (Wildman–Crippen LogP) is 7.27. The number of hydrogen-bond donors (Lipinski definition) is 1. The lowest BCUT2D eigenvalue weighted by Crippen LogP contribution is -2.27. The quantitative estimate of drug-likeness (QED) is 0.429. The molecule has 0 unspecified atom stereocenters. The number of carbonyl (C=O) groups is 1. The van der Waals surface area contributed by atoms with E-state index in [1.807, 2.05) is 36.5 Å². The molecule has 0 bridgehead atoms. The van der Waals surface area contributed by atoms with Crippen LogP contribution in [-0.2, 0) is 12.8 Å². The summed E-state index contributed by atoms with van der Waals surface area (Å²) in [5.41, 5.74) is 4.26. The van der Waals surface area contributed by atoms with Gasteiger partial charge in [0.15, 0.2) is 0 Å². The minimum absolute atomic E-state index is 0.0528. The molecule has 0 spiro atoms. The molecule has 1 atom stereocenters. The summed E-state index contributed by atoms with van der Waals surface area (Å²) >= 11 is 3.37. The molecule has 3 nitrogen and oxygen atoms in total. The third kappa shape index (κ3) is 4.42. The number of benzene rings is 1. The summed E-state index contributed by atoms with van der Waals surface area (Å²) in [4.78, 5) is 20.6. The van der Waals surface area contributed by atoms with Crippen LogP contribution in [0.3, 0.4) is 0 Å². The molecule has 0 fully saturated rings. The van der Waals surface area contributed by atoms with E-state index in [1.54, 1.807) is 22.7 Å². The predicted molar refractivity (Wildman–Crippen MR) is 130 cm³/mol. The van der Waals surface area contributed by atoms with Gasteiger partial charge in [0.1, 0.15) is 5.00 Å². The third-order valence-corrected chi connectivity index (χ3v) is 8.05. The Balaban J connectivity index is 1.71. The van der Waals surface area contributed by atoms with E-state index in [0.29, 0.717) is 5.92 Å². The molecule has 1 N–H and O–H groups in total. The molecule has 30 heavy (non-hydrogen) atoms. The molecule has 0 radical (unpaired) electrons. The second-order valence-electron chi connectivity index (χ2n) is 9.04. The SMILES string of the molecule is Cc1ccsc1C=Nc1sc2c(c1C(=O)Nc1ccccc1)CC[C@@H](C(C)(C)C)C2. The summed E-state index contributed by atoms with van der Waals surface area (Å²) in [5, 5.41) is 5.98. The van der Waals surface area contributed by atoms with Gasteiger partial charge in [0, 0.05) is 21.7 Å². The van der Waals surface area contributed by atoms with Crippen LogP contribution < -0.4 is 5.32 Å². The number of nitrogens with one attached hydrogen (secondary N) is 1. The number of nitrogens with zero attached hydrogens (tertiary/aromatic N) is 1. The van der Waals surface area contributed by atoms with Gasteiger partial charge >= 0.3 is 0 Å². The maximum absolute atomic E-state index is 13.3. The van der Waals surface area contributed by atoms with Gasteiger partial charge in [-0.05, 0) is 72.2 Å². The van der Waals surface area contributed by atoms with E-state index in [2.05, 4.69) is 44.5 Å². The number of para-hydroxylation sites is 1. The fourth-order valence-electron chi connectivity index (χ4n) is 3.98. The molecular formula is C25H28N2OS2. The first-order valence-electron chi connectivity index (χ1n) is 10.4. The molecule has 3 aromatic rings. The molecule has 156 valence electrons. The number of hydrogen-bond acceptors (Lipinski definition) is 4. The Morgan fingerprint density at radius 1 is 1.20 bits per heavy atom. The second kappa shape index (κ2) is 8.48. The van der Waals surface area contributed by atoms with E-state index in [1.165, 1.54) is 16.0 Å². The zero-order chi connectivity index (χ0) is 21.3. The molecule has 1 aliphatic carbocycles. The lowest BCUT2D eigenvalue weighted by molar-refractivity contribution is 0.102. The standard InChI is InChI=1S/C25H28N2OS2/c1-16-12-13-29-21(16)15-26-24-22(23(28)27-18-8-6-5-7-9-18)19-11-10-17(25(2,3)4)14-20(19)30-24/h5-9,12-13,15,17H,10-11,14H2,1-4H3,(H,27,28)/t17-/m1/s1. The van der Waals surface area contributed by atoms with Gasteiger partial charge in [-0.2, -0.15) is 0 Å². The average molecular weight is 437 g/mol. The molecule has 1 amide bonds. The summed E-state index contributed by atoms with van der Waals surface area (Å²) in [6, 6.07) is 11.8. The van der Waals surface area contributed by atoms with Crippen molar-refractivity contribution < 1.29 is 4.79 Å². The van der Waals surface area contributed by atoms with Crippen molar-refractivity contribution in [2.75, 3.05) is 5.32 Å². The lowest BCUT2D eigenvalue weighted by Gasteiger charge is -2.33. The number of amides is 1. The maximum atomic E-state index is 13.3. The van der Waals surface area contributed by atoms with Gasteiger partial charge in [-0.1, -0.05) is 39.0 Å². The van der Waals surface area contributed by atoms with Crippen molar-refractivity contribution in [3.05, 3.63) is 68.2 Å². The summed E-state index contributed by atoms with van der Waals surface area (Å²) in [6.45, 7) is 9.04. The zero-order valence-electron chi connectivity index (χ0n) is 18.0. The zero-order valence-corrected chi connectivity index (χ0v) is 19.6. The van der Waals surface area contributed by atoms with E-state index in [0.717, 1.165) is 40.4 Å². The monoisotopic (exact) mass is 436 g/mol. The van der Waals surface area contributed by atoms with Gasteiger partial charge in [0.05, 0.1) is 5.56 Å². The Bertz CT molecular complexity index is 1070. The molecule has 1 aliphatic rings. The van der Waals surface area contributed by atoms with Crippen LogP contribution in [0, 0.1) is 18.3 Å². The van der Waals surface area contributed by atoms with Crippen molar-refractivity contribution in [2.45, 2.75) is 47.0 Å². The van der Waals surface area contributed by atoms with Crippen LogP contribution in [0.5, 0.6) is 0 Å². The fraction of sp³-hybridized carbons (Fsp3) is 0.360. The first-order chi connectivity index (χ1) is 14.3. The van der Waals surface area contributed by atoms with Crippen molar-refractivity contribution in [1.29, 1.82) is 0 Å².